The van der Waals surface area contributed by atoms with E-state index in [1.165, 1.54) is 12.0 Å². The number of benzene rings is 2. The van der Waals surface area contributed by atoms with Crippen molar-refractivity contribution in [2.24, 2.45) is 0 Å². The van der Waals surface area contributed by atoms with E-state index < -0.39 is 0 Å². The summed E-state index contributed by atoms with van der Waals surface area (Å²) in [6.07, 6.45) is 2.37. The summed E-state index contributed by atoms with van der Waals surface area (Å²) in [5.41, 5.74) is 1.38. The Morgan fingerprint density at radius 1 is 1.25 bits per heavy atom. The molecular formula is C23H23IN2O5S. The van der Waals surface area contributed by atoms with Crippen molar-refractivity contribution in [2.75, 3.05) is 19.0 Å². The van der Waals surface area contributed by atoms with Crippen LogP contribution in [-0.4, -0.2) is 41.7 Å². The Morgan fingerprint density at radius 3 is 2.62 bits per heavy atom. The smallest absolute Gasteiger partial charge is 0.293 e. The third-order valence-electron chi connectivity index (χ3n) is 4.81. The van der Waals surface area contributed by atoms with Gasteiger partial charge in [0.1, 0.15) is 0 Å². The Morgan fingerprint density at radius 2 is 1.97 bits per heavy atom. The summed E-state index contributed by atoms with van der Waals surface area (Å²) >= 11 is 3.02. The van der Waals surface area contributed by atoms with Crippen LogP contribution in [0.4, 0.5) is 10.5 Å². The van der Waals surface area contributed by atoms with E-state index in [9.17, 15) is 14.4 Å². The van der Waals surface area contributed by atoms with Crippen molar-refractivity contribution < 1.29 is 23.9 Å². The third kappa shape index (κ3) is 5.63. The average molecular weight is 566 g/mol. The van der Waals surface area contributed by atoms with Gasteiger partial charge in [-0.2, -0.15) is 0 Å². The first-order chi connectivity index (χ1) is 15.3. The predicted molar refractivity (Wildman–Crippen MR) is 134 cm³/mol. The van der Waals surface area contributed by atoms with Gasteiger partial charge < -0.3 is 14.8 Å². The Bertz CT molecular complexity index is 1060. The zero-order valence-electron chi connectivity index (χ0n) is 17.9. The maximum Gasteiger partial charge on any atom is 0.293 e. The Hall–Kier alpha value is -2.53. The fourth-order valence-electron chi connectivity index (χ4n) is 3.01. The molecule has 1 fully saturated rings. The van der Waals surface area contributed by atoms with Crippen LogP contribution >= 0.6 is 34.4 Å². The number of ether oxygens (including phenoxy) is 2. The fourth-order valence-corrected chi connectivity index (χ4v) is 4.72. The van der Waals surface area contributed by atoms with E-state index in [0.29, 0.717) is 37.6 Å². The van der Waals surface area contributed by atoms with Gasteiger partial charge in [-0.1, -0.05) is 25.1 Å². The zero-order valence-corrected chi connectivity index (χ0v) is 20.9. The molecular weight excluding hydrogens is 543 g/mol. The second-order valence-electron chi connectivity index (χ2n) is 7.05. The lowest BCUT2D eigenvalue weighted by atomic mass is 10.1. The number of nitrogens with one attached hydrogen (secondary N) is 1. The van der Waals surface area contributed by atoms with Crippen LogP contribution in [0.25, 0.3) is 6.08 Å². The minimum absolute atomic E-state index is 0.152. The lowest BCUT2D eigenvalue weighted by molar-refractivity contribution is -0.124. The molecule has 32 heavy (non-hydrogen) atoms. The van der Waals surface area contributed by atoms with Gasteiger partial charge in [0.05, 0.1) is 15.6 Å². The summed E-state index contributed by atoms with van der Waals surface area (Å²) in [6, 6.07) is 12.5. The number of carbonyl (C=O) groups excluding carboxylic acids is 3. The molecule has 168 valence electrons. The lowest BCUT2D eigenvalue weighted by Gasteiger charge is -2.19. The number of anilines is 1. The zero-order chi connectivity index (χ0) is 23.3. The van der Waals surface area contributed by atoms with E-state index in [1.54, 1.807) is 24.3 Å². The molecule has 1 saturated heterocycles. The molecule has 2 aromatic carbocycles. The van der Waals surface area contributed by atoms with E-state index in [1.807, 2.05) is 38.1 Å². The van der Waals surface area contributed by atoms with Crippen LogP contribution in [0.5, 0.6) is 11.5 Å². The van der Waals surface area contributed by atoms with Gasteiger partial charge in [-0.25, -0.2) is 0 Å². The van der Waals surface area contributed by atoms with Gasteiger partial charge in [-0.3, -0.25) is 19.3 Å². The molecule has 3 amide bonds. The minimum Gasteiger partial charge on any atom is -0.493 e. The normalized spacial score (nSPS) is 15.8. The first kappa shape index (κ1) is 24.1. The van der Waals surface area contributed by atoms with Crippen molar-refractivity contribution in [3.8, 4) is 11.5 Å². The SMILES string of the molecule is CCC(C)N1C(=O)SC(=Cc2cc(I)c(OCC(=O)Nc3ccccc3)c(OC)c2)C1=O. The summed E-state index contributed by atoms with van der Waals surface area (Å²) in [4.78, 5) is 38.8. The number of para-hydroxylation sites is 1. The molecule has 9 heteroatoms. The monoisotopic (exact) mass is 566 g/mol. The molecule has 1 N–H and O–H groups in total. The highest BCUT2D eigenvalue weighted by molar-refractivity contribution is 14.1. The Labute approximate surface area is 204 Å². The molecule has 0 saturated carbocycles. The second kappa shape index (κ2) is 10.9. The van der Waals surface area contributed by atoms with Crippen molar-refractivity contribution in [2.45, 2.75) is 26.3 Å². The van der Waals surface area contributed by atoms with Crippen molar-refractivity contribution in [1.82, 2.24) is 4.90 Å². The van der Waals surface area contributed by atoms with Crippen molar-refractivity contribution >= 4 is 63.2 Å². The van der Waals surface area contributed by atoms with Crippen LogP contribution in [0.15, 0.2) is 47.4 Å². The number of hydrogen-bond donors (Lipinski definition) is 1. The van der Waals surface area contributed by atoms with Gasteiger partial charge >= 0.3 is 0 Å². The quantitative estimate of drug-likeness (QED) is 0.352. The van der Waals surface area contributed by atoms with E-state index in [2.05, 4.69) is 27.9 Å². The van der Waals surface area contributed by atoms with Gasteiger partial charge in [0, 0.05) is 11.7 Å². The van der Waals surface area contributed by atoms with Crippen molar-refractivity contribution in [1.29, 1.82) is 0 Å². The summed E-state index contributed by atoms with van der Waals surface area (Å²) in [7, 11) is 1.50. The van der Waals surface area contributed by atoms with Crippen LogP contribution in [0, 0.1) is 3.57 Å². The van der Waals surface area contributed by atoms with Crippen LogP contribution in [0.3, 0.4) is 0 Å². The first-order valence-electron chi connectivity index (χ1n) is 9.96. The van der Waals surface area contributed by atoms with Gasteiger partial charge in [0.2, 0.25) is 0 Å². The molecule has 0 aliphatic carbocycles. The summed E-state index contributed by atoms with van der Waals surface area (Å²) < 4.78 is 11.9. The summed E-state index contributed by atoms with van der Waals surface area (Å²) in [5.74, 6) is 0.274. The third-order valence-corrected chi connectivity index (χ3v) is 6.49. The minimum atomic E-state index is -0.295. The molecule has 3 rings (SSSR count). The average Bonchev–Trinajstić information content (AvgIpc) is 3.05. The maximum absolute atomic E-state index is 12.7. The van der Waals surface area contributed by atoms with Crippen LogP contribution in [0.2, 0.25) is 0 Å². The van der Waals surface area contributed by atoms with Crippen LogP contribution < -0.4 is 14.8 Å². The van der Waals surface area contributed by atoms with Gasteiger partial charge in [0.25, 0.3) is 17.1 Å². The molecule has 1 unspecified atom stereocenters. The number of amides is 3. The number of thioether (sulfide) groups is 1. The van der Waals surface area contributed by atoms with E-state index in [-0.39, 0.29) is 29.7 Å². The highest BCUT2D eigenvalue weighted by Gasteiger charge is 2.37. The first-order valence-corrected chi connectivity index (χ1v) is 11.9. The predicted octanol–water partition coefficient (Wildman–Crippen LogP) is 5.15. The number of carbonyl (C=O) groups is 3. The number of nitrogens with zero attached hydrogens (tertiary/aromatic N) is 1. The molecule has 1 aliphatic heterocycles. The second-order valence-corrected chi connectivity index (χ2v) is 9.20. The maximum atomic E-state index is 12.7. The summed E-state index contributed by atoms with van der Waals surface area (Å²) in [6.45, 7) is 3.60. The highest BCUT2D eigenvalue weighted by Crippen LogP contribution is 2.38. The Kier molecular flexibility index (Phi) is 8.19. The van der Waals surface area contributed by atoms with Gasteiger partial charge in [0.15, 0.2) is 18.1 Å². The number of halogens is 1. The molecule has 0 spiro atoms. The number of rotatable bonds is 8. The molecule has 1 heterocycles. The largest absolute Gasteiger partial charge is 0.493 e. The molecule has 0 aromatic heterocycles. The van der Waals surface area contributed by atoms with Crippen LogP contribution in [0.1, 0.15) is 25.8 Å². The molecule has 1 atom stereocenters. The fraction of sp³-hybridized carbons (Fsp3) is 0.261. The molecule has 2 aromatic rings. The number of methoxy groups -OCH3 is 1. The van der Waals surface area contributed by atoms with Crippen molar-refractivity contribution in [3.05, 3.63) is 56.5 Å². The number of hydrogen-bond acceptors (Lipinski definition) is 6. The molecule has 7 nitrogen and oxygen atoms in total. The van der Waals surface area contributed by atoms with Gasteiger partial charge in [-0.05, 0) is 83.6 Å². The van der Waals surface area contributed by atoms with E-state index in [0.717, 1.165) is 11.8 Å². The lowest BCUT2D eigenvalue weighted by Crippen LogP contribution is -2.36. The topological polar surface area (TPSA) is 84.9 Å². The van der Waals surface area contributed by atoms with Crippen molar-refractivity contribution in [3.63, 3.8) is 0 Å². The summed E-state index contributed by atoms with van der Waals surface area (Å²) in [5, 5.41) is 2.50. The highest BCUT2D eigenvalue weighted by atomic mass is 127. The van der Waals surface area contributed by atoms with E-state index in [4.69, 9.17) is 9.47 Å². The molecule has 0 radical (unpaired) electrons. The van der Waals surface area contributed by atoms with E-state index >= 15 is 0 Å². The molecule has 1 aliphatic rings. The Balaban J connectivity index is 1.75. The molecule has 0 bridgehead atoms. The van der Waals surface area contributed by atoms with Gasteiger partial charge in [-0.15, -0.1) is 0 Å². The van der Waals surface area contributed by atoms with Crippen LogP contribution in [-0.2, 0) is 9.59 Å². The number of imide groups is 1. The standard InChI is InChI=1S/C23H23IN2O5S/c1-4-14(2)26-22(28)19(32-23(26)29)12-15-10-17(24)21(18(11-15)30-3)31-13-20(27)25-16-8-6-5-7-9-16/h5-12,14H,4,13H2,1-3H3,(H,25,27).